The van der Waals surface area contributed by atoms with Gasteiger partial charge in [-0.1, -0.05) is 11.6 Å². The third kappa shape index (κ3) is 4.04. The van der Waals surface area contributed by atoms with Gasteiger partial charge in [0.25, 0.3) is 0 Å². The van der Waals surface area contributed by atoms with Crippen molar-refractivity contribution < 1.29 is 14.3 Å². The smallest absolute Gasteiger partial charge is 0.339 e. The predicted octanol–water partition coefficient (Wildman–Crippen LogP) is 1.89. The summed E-state index contributed by atoms with van der Waals surface area (Å²) in [4.78, 5) is 25.2. The maximum absolute atomic E-state index is 11.7. The minimum Gasteiger partial charge on any atom is -0.465 e. The second kappa shape index (κ2) is 6.68. The summed E-state index contributed by atoms with van der Waals surface area (Å²) in [5.41, 5.74) is 6.29. The van der Waals surface area contributed by atoms with Gasteiger partial charge in [0.05, 0.1) is 23.4 Å². The molecular formula is C12H15ClN2O3S. The quantitative estimate of drug-likeness (QED) is 0.522. The van der Waals surface area contributed by atoms with Crippen molar-refractivity contribution >= 4 is 40.9 Å². The number of ether oxygens (including phenoxy) is 1. The molecular weight excluding hydrogens is 288 g/mol. The molecule has 0 fully saturated rings. The second-order valence-corrected chi connectivity index (χ2v) is 5.34. The number of nitrogens with two attached hydrogens (primary N) is 1. The highest BCUT2D eigenvalue weighted by Crippen LogP contribution is 2.33. The van der Waals surface area contributed by atoms with Crippen LogP contribution >= 0.6 is 23.4 Å². The summed E-state index contributed by atoms with van der Waals surface area (Å²) in [7, 11) is 4.60. The van der Waals surface area contributed by atoms with Crippen molar-refractivity contribution in [2.45, 2.75) is 4.90 Å². The third-order valence-electron chi connectivity index (χ3n) is 2.31. The van der Waals surface area contributed by atoms with E-state index in [1.54, 1.807) is 14.1 Å². The number of nitrogens with zero attached hydrogens (tertiary/aromatic N) is 1. The minimum absolute atomic E-state index is 0.0753. The van der Waals surface area contributed by atoms with E-state index in [0.29, 0.717) is 15.6 Å². The van der Waals surface area contributed by atoms with E-state index in [0.717, 1.165) is 0 Å². The fourth-order valence-electron chi connectivity index (χ4n) is 1.29. The molecule has 0 saturated heterocycles. The number of anilines is 1. The van der Waals surface area contributed by atoms with E-state index in [4.69, 9.17) is 17.3 Å². The van der Waals surface area contributed by atoms with Crippen LogP contribution in [-0.2, 0) is 9.53 Å². The molecule has 104 valence electrons. The zero-order valence-corrected chi connectivity index (χ0v) is 12.5. The number of rotatable bonds is 4. The van der Waals surface area contributed by atoms with Crippen LogP contribution in [0.2, 0.25) is 5.02 Å². The minimum atomic E-state index is -0.533. The van der Waals surface area contributed by atoms with Gasteiger partial charge in [0.2, 0.25) is 5.91 Å². The Balaban J connectivity index is 3.05. The molecule has 0 aliphatic heterocycles. The molecule has 0 saturated carbocycles. The highest BCUT2D eigenvalue weighted by molar-refractivity contribution is 8.00. The normalized spacial score (nSPS) is 10.1. The Morgan fingerprint density at radius 1 is 1.42 bits per heavy atom. The maximum Gasteiger partial charge on any atom is 0.339 e. The van der Waals surface area contributed by atoms with Gasteiger partial charge < -0.3 is 15.4 Å². The van der Waals surface area contributed by atoms with E-state index in [1.165, 1.54) is 35.9 Å². The molecule has 1 rings (SSSR count). The lowest BCUT2D eigenvalue weighted by atomic mass is 10.2. The van der Waals surface area contributed by atoms with Gasteiger partial charge in [-0.2, -0.15) is 0 Å². The molecule has 0 heterocycles. The molecule has 7 heteroatoms. The Kier molecular flexibility index (Phi) is 5.50. The first-order valence-electron chi connectivity index (χ1n) is 5.37. The summed E-state index contributed by atoms with van der Waals surface area (Å²) >= 11 is 7.25. The average molecular weight is 303 g/mol. The Morgan fingerprint density at radius 3 is 2.58 bits per heavy atom. The molecule has 0 atom stereocenters. The van der Waals surface area contributed by atoms with Crippen LogP contribution in [0.25, 0.3) is 0 Å². The largest absolute Gasteiger partial charge is 0.465 e. The van der Waals surface area contributed by atoms with Gasteiger partial charge >= 0.3 is 5.97 Å². The molecule has 5 nitrogen and oxygen atoms in total. The zero-order valence-electron chi connectivity index (χ0n) is 10.9. The number of carbonyl (C=O) groups excluding carboxylic acids is 2. The number of nitrogen functional groups attached to an aromatic ring is 1. The van der Waals surface area contributed by atoms with E-state index in [-0.39, 0.29) is 17.2 Å². The lowest BCUT2D eigenvalue weighted by molar-refractivity contribution is -0.125. The summed E-state index contributed by atoms with van der Waals surface area (Å²) in [6.07, 6.45) is 0. The highest BCUT2D eigenvalue weighted by atomic mass is 35.5. The van der Waals surface area contributed by atoms with Gasteiger partial charge in [-0.05, 0) is 12.1 Å². The van der Waals surface area contributed by atoms with E-state index < -0.39 is 5.97 Å². The van der Waals surface area contributed by atoms with E-state index in [9.17, 15) is 9.59 Å². The second-order valence-electron chi connectivity index (χ2n) is 3.95. The summed E-state index contributed by atoms with van der Waals surface area (Å²) in [6.45, 7) is 0. The van der Waals surface area contributed by atoms with Gasteiger partial charge in [0.1, 0.15) is 0 Å². The fraction of sp³-hybridized carbons (Fsp3) is 0.333. The van der Waals surface area contributed by atoms with Crippen LogP contribution in [-0.4, -0.2) is 43.7 Å². The molecule has 0 bridgehead atoms. The molecule has 0 radical (unpaired) electrons. The molecule has 0 aromatic heterocycles. The van der Waals surface area contributed by atoms with Crippen molar-refractivity contribution in [2.24, 2.45) is 0 Å². The van der Waals surface area contributed by atoms with Crippen LogP contribution in [0.1, 0.15) is 10.4 Å². The topological polar surface area (TPSA) is 72.6 Å². The predicted molar refractivity (Wildman–Crippen MR) is 76.6 cm³/mol. The van der Waals surface area contributed by atoms with Crippen molar-refractivity contribution in [2.75, 3.05) is 32.7 Å². The Hall–Kier alpha value is -1.40. The van der Waals surface area contributed by atoms with Crippen LogP contribution in [0.15, 0.2) is 17.0 Å². The number of amides is 1. The molecule has 1 aromatic carbocycles. The van der Waals surface area contributed by atoms with Crippen LogP contribution in [0.3, 0.4) is 0 Å². The van der Waals surface area contributed by atoms with Crippen LogP contribution < -0.4 is 5.73 Å². The molecule has 1 aromatic rings. The zero-order chi connectivity index (χ0) is 14.6. The number of carbonyl (C=O) groups is 2. The van der Waals surface area contributed by atoms with Crippen molar-refractivity contribution in [3.63, 3.8) is 0 Å². The number of methoxy groups -OCH3 is 1. The molecule has 2 N–H and O–H groups in total. The molecule has 0 unspecified atom stereocenters. The Labute approximate surface area is 121 Å². The van der Waals surface area contributed by atoms with Crippen molar-refractivity contribution in [3.05, 3.63) is 22.7 Å². The lowest BCUT2D eigenvalue weighted by Gasteiger charge is -2.13. The number of benzene rings is 1. The number of hydrogen-bond acceptors (Lipinski definition) is 5. The summed E-state index contributed by atoms with van der Waals surface area (Å²) in [5, 5.41) is 0.331. The summed E-state index contributed by atoms with van der Waals surface area (Å²) < 4.78 is 4.68. The van der Waals surface area contributed by atoms with Crippen molar-refractivity contribution in [1.82, 2.24) is 4.90 Å². The molecule has 0 aliphatic carbocycles. The van der Waals surface area contributed by atoms with E-state index >= 15 is 0 Å². The van der Waals surface area contributed by atoms with Crippen LogP contribution in [0.4, 0.5) is 5.69 Å². The Bertz CT molecular complexity index is 506. The van der Waals surface area contributed by atoms with Gasteiger partial charge in [-0.25, -0.2) is 4.79 Å². The number of hydrogen-bond donors (Lipinski definition) is 1. The van der Waals surface area contributed by atoms with Crippen LogP contribution in [0.5, 0.6) is 0 Å². The number of halogens is 1. The van der Waals surface area contributed by atoms with E-state index in [2.05, 4.69) is 4.74 Å². The highest BCUT2D eigenvalue weighted by Gasteiger charge is 2.18. The first-order valence-corrected chi connectivity index (χ1v) is 6.73. The lowest BCUT2D eigenvalue weighted by Crippen LogP contribution is -2.23. The fourth-order valence-corrected chi connectivity index (χ4v) is 2.70. The molecule has 0 spiro atoms. The number of esters is 1. The summed E-state index contributed by atoms with van der Waals surface area (Å²) in [5.74, 6) is -0.427. The molecule has 19 heavy (non-hydrogen) atoms. The molecule has 0 aliphatic rings. The Morgan fingerprint density at radius 2 is 2.05 bits per heavy atom. The van der Waals surface area contributed by atoms with E-state index in [1.807, 2.05) is 0 Å². The molecule has 1 amide bonds. The SMILES string of the molecule is COC(=O)c1cc(N)cc(Cl)c1SCC(=O)N(C)C. The third-order valence-corrected chi connectivity index (χ3v) is 3.84. The van der Waals surface area contributed by atoms with Crippen molar-refractivity contribution in [1.29, 1.82) is 0 Å². The first-order chi connectivity index (χ1) is 8.86. The van der Waals surface area contributed by atoms with Gasteiger partial charge in [-0.15, -0.1) is 11.8 Å². The number of thioether (sulfide) groups is 1. The maximum atomic E-state index is 11.7. The average Bonchev–Trinajstić information content (AvgIpc) is 2.35. The van der Waals surface area contributed by atoms with Crippen molar-refractivity contribution in [3.8, 4) is 0 Å². The standard InChI is InChI=1S/C12H15ClN2O3S/c1-15(2)10(16)6-19-11-8(12(17)18-3)4-7(14)5-9(11)13/h4-5H,6,14H2,1-3H3. The van der Waals surface area contributed by atoms with Gasteiger partial charge in [-0.3, -0.25) is 4.79 Å². The van der Waals surface area contributed by atoms with Gasteiger partial charge in [0, 0.05) is 24.7 Å². The first kappa shape index (κ1) is 15.7. The van der Waals surface area contributed by atoms with Crippen LogP contribution in [0, 0.1) is 0 Å². The van der Waals surface area contributed by atoms with Gasteiger partial charge in [0.15, 0.2) is 0 Å². The summed E-state index contributed by atoms with van der Waals surface area (Å²) in [6, 6.07) is 3.02. The monoisotopic (exact) mass is 302 g/mol.